The number of aliphatic hydroxyl groups is 1. The molecule has 0 spiro atoms. The quantitative estimate of drug-likeness (QED) is 0.409. The van der Waals surface area contributed by atoms with Gasteiger partial charge in [0.2, 0.25) is 0 Å². The van der Waals surface area contributed by atoms with Gasteiger partial charge in [-0.1, -0.05) is 64.7 Å². The monoisotopic (exact) mass is 215 g/mol. The van der Waals surface area contributed by atoms with Gasteiger partial charge in [-0.25, -0.2) is 0 Å². The highest BCUT2D eigenvalue weighted by Gasteiger charge is 1.95. The second kappa shape index (κ2) is 12.0. The minimum absolute atomic E-state index is 0.598. The van der Waals surface area contributed by atoms with Gasteiger partial charge in [0.1, 0.15) is 6.23 Å². The van der Waals surface area contributed by atoms with Crippen molar-refractivity contribution in [3.8, 4) is 0 Å². The SMILES string of the molecule is CCCCCCCCCCCCC(N)O. The van der Waals surface area contributed by atoms with Crippen molar-refractivity contribution in [1.82, 2.24) is 0 Å². The van der Waals surface area contributed by atoms with Gasteiger partial charge in [0.05, 0.1) is 0 Å². The molecule has 0 saturated heterocycles. The molecule has 3 N–H and O–H groups in total. The van der Waals surface area contributed by atoms with E-state index in [9.17, 15) is 0 Å². The Kier molecular flexibility index (Phi) is 11.9. The van der Waals surface area contributed by atoms with Crippen molar-refractivity contribution in [3.63, 3.8) is 0 Å². The van der Waals surface area contributed by atoms with Crippen molar-refractivity contribution in [2.45, 2.75) is 83.8 Å². The maximum absolute atomic E-state index is 8.85. The van der Waals surface area contributed by atoms with E-state index in [4.69, 9.17) is 10.8 Å². The van der Waals surface area contributed by atoms with Crippen LogP contribution in [-0.2, 0) is 0 Å². The smallest absolute Gasteiger partial charge is 0.102 e. The van der Waals surface area contributed by atoms with E-state index in [2.05, 4.69) is 6.92 Å². The molecule has 0 fully saturated rings. The first-order valence-electron chi connectivity index (χ1n) is 6.71. The van der Waals surface area contributed by atoms with Gasteiger partial charge in [0.15, 0.2) is 0 Å². The zero-order valence-electron chi connectivity index (χ0n) is 10.4. The van der Waals surface area contributed by atoms with E-state index in [0.29, 0.717) is 0 Å². The van der Waals surface area contributed by atoms with E-state index < -0.39 is 6.23 Å². The standard InChI is InChI=1S/C13H29NO/c1-2-3-4-5-6-7-8-9-10-11-12-13(14)15/h13,15H,2-12,14H2,1H3. The lowest BCUT2D eigenvalue weighted by Gasteiger charge is -2.04. The molecule has 0 amide bonds. The fraction of sp³-hybridized carbons (Fsp3) is 1.00. The molecular weight excluding hydrogens is 186 g/mol. The zero-order valence-corrected chi connectivity index (χ0v) is 10.4. The topological polar surface area (TPSA) is 46.2 Å². The first-order chi connectivity index (χ1) is 7.27. The van der Waals surface area contributed by atoms with Crippen molar-refractivity contribution in [3.05, 3.63) is 0 Å². The first-order valence-corrected chi connectivity index (χ1v) is 6.71. The summed E-state index contributed by atoms with van der Waals surface area (Å²) in [5.74, 6) is 0. The summed E-state index contributed by atoms with van der Waals surface area (Å²) in [6, 6.07) is 0. The first kappa shape index (κ1) is 14.9. The molecule has 0 aromatic carbocycles. The second-order valence-electron chi connectivity index (χ2n) is 4.54. The summed E-state index contributed by atoms with van der Waals surface area (Å²) in [5, 5.41) is 8.85. The van der Waals surface area contributed by atoms with Crippen LogP contribution in [0.5, 0.6) is 0 Å². The lowest BCUT2D eigenvalue weighted by molar-refractivity contribution is 0.168. The average Bonchev–Trinajstić information content (AvgIpc) is 2.20. The highest BCUT2D eigenvalue weighted by atomic mass is 16.3. The molecule has 0 saturated carbocycles. The average molecular weight is 215 g/mol. The number of unbranched alkanes of at least 4 members (excludes halogenated alkanes) is 9. The molecule has 0 aliphatic heterocycles. The number of hydrogen-bond donors (Lipinski definition) is 2. The van der Waals surface area contributed by atoms with Crippen LogP contribution in [-0.4, -0.2) is 11.3 Å². The van der Waals surface area contributed by atoms with Gasteiger partial charge in [-0.15, -0.1) is 0 Å². The van der Waals surface area contributed by atoms with Gasteiger partial charge < -0.3 is 10.8 Å². The van der Waals surface area contributed by atoms with Crippen molar-refractivity contribution >= 4 is 0 Å². The van der Waals surface area contributed by atoms with Crippen LogP contribution in [0, 0.1) is 0 Å². The molecule has 0 aromatic rings. The van der Waals surface area contributed by atoms with Crippen LogP contribution in [0.3, 0.4) is 0 Å². The maximum atomic E-state index is 8.85. The highest BCUT2D eigenvalue weighted by Crippen LogP contribution is 2.11. The largest absolute Gasteiger partial charge is 0.379 e. The Hall–Kier alpha value is -0.0800. The molecule has 0 aliphatic carbocycles. The van der Waals surface area contributed by atoms with Crippen LogP contribution in [0.2, 0.25) is 0 Å². The van der Waals surface area contributed by atoms with E-state index in [1.807, 2.05) is 0 Å². The van der Waals surface area contributed by atoms with Gasteiger partial charge in [-0.3, -0.25) is 0 Å². The third-order valence-corrected chi connectivity index (χ3v) is 2.85. The molecule has 1 unspecified atom stereocenters. The normalized spacial score (nSPS) is 13.0. The molecule has 1 atom stereocenters. The van der Waals surface area contributed by atoms with E-state index in [0.717, 1.165) is 12.8 Å². The van der Waals surface area contributed by atoms with Gasteiger partial charge in [0.25, 0.3) is 0 Å². The molecule has 0 bridgehead atoms. The van der Waals surface area contributed by atoms with Gasteiger partial charge >= 0.3 is 0 Å². The number of rotatable bonds is 11. The summed E-state index contributed by atoms with van der Waals surface area (Å²) in [5.41, 5.74) is 5.26. The van der Waals surface area contributed by atoms with Gasteiger partial charge in [-0.05, 0) is 12.8 Å². The minimum atomic E-state index is -0.598. The van der Waals surface area contributed by atoms with E-state index in [1.54, 1.807) is 0 Å². The lowest BCUT2D eigenvalue weighted by Crippen LogP contribution is -2.17. The molecule has 0 radical (unpaired) electrons. The van der Waals surface area contributed by atoms with Crippen LogP contribution >= 0.6 is 0 Å². The predicted octanol–water partition coefficient (Wildman–Crippen LogP) is 3.57. The molecule has 2 heteroatoms. The molecule has 15 heavy (non-hydrogen) atoms. The third kappa shape index (κ3) is 13.9. The van der Waals surface area contributed by atoms with Gasteiger partial charge in [-0.2, -0.15) is 0 Å². The summed E-state index contributed by atoms with van der Waals surface area (Å²) in [4.78, 5) is 0. The van der Waals surface area contributed by atoms with Crippen molar-refractivity contribution in [1.29, 1.82) is 0 Å². The Labute approximate surface area is 95.3 Å². The zero-order chi connectivity index (χ0) is 11.4. The molecule has 0 aliphatic rings. The third-order valence-electron chi connectivity index (χ3n) is 2.85. The van der Waals surface area contributed by atoms with Crippen molar-refractivity contribution in [2.75, 3.05) is 0 Å². The van der Waals surface area contributed by atoms with Crippen LogP contribution in [0.4, 0.5) is 0 Å². The van der Waals surface area contributed by atoms with Gasteiger partial charge in [0, 0.05) is 0 Å². The summed E-state index contributed by atoms with van der Waals surface area (Å²) in [6.45, 7) is 2.26. The number of aliphatic hydroxyl groups excluding tert-OH is 1. The van der Waals surface area contributed by atoms with E-state index >= 15 is 0 Å². The number of hydrogen-bond acceptors (Lipinski definition) is 2. The molecule has 2 nitrogen and oxygen atoms in total. The maximum Gasteiger partial charge on any atom is 0.102 e. The van der Waals surface area contributed by atoms with Crippen molar-refractivity contribution < 1.29 is 5.11 Å². The van der Waals surface area contributed by atoms with Crippen LogP contribution in [0.1, 0.15) is 77.6 Å². The summed E-state index contributed by atoms with van der Waals surface area (Å²) < 4.78 is 0. The van der Waals surface area contributed by atoms with Crippen molar-refractivity contribution in [2.24, 2.45) is 5.73 Å². The Balaban J connectivity index is 2.87. The molecule has 0 aromatic heterocycles. The summed E-state index contributed by atoms with van der Waals surface area (Å²) in [7, 11) is 0. The molecule has 0 heterocycles. The summed E-state index contributed by atoms with van der Waals surface area (Å²) in [6.07, 6.45) is 13.5. The van der Waals surface area contributed by atoms with Crippen LogP contribution < -0.4 is 5.73 Å². The van der Waals surface area contributed by atoms with E-state index in [-0.39, 0.29) is 0 Å². The number of nitrogens with two attached hydrogens (primary N) is 1. The second-order valence-corrected chi connectivity index (χ2v) is 4.54. The summed E-state index contributed by atoms with van der Waals surface area (Å²) >= 11 is 0. The fourth-order valence-electron chi connectivity index (χ4n) is 1.84. The predicted molar refractivity (Wildman–Crippen MR) is 66.7 cm³/mol. The lowest BCUT2D eigenvalue weighted by atomic mass is 10.1. The van der Waals surface area contributed by atoms with Crippen LogP contribution in [0.25, 0.3) is 0 Å². The molecular formula is C13H29NO. The van der Waals surface area contributed by atoms with Crippen LogP contribution in [0.15, 0.2) is 0 Å². The Morgan fingerprint density at radius 2 is 1.20 bits per heavy atom. The van der Waals surface area contributed by atoms with E-state index in [1.165, 1.54) is 57.8 Å². The Bertz CT molecular complexity index is 115. The Morgan fingerprint density at radius 1 is 0.800 bits per heavy atom. The highest BCUT2D eigenvalue weighted by molar-refractivity contribution is 4.49. The fourth-order valence-corrected chi connectivity index (χ4v) is 1.84. The minimum Gasteiger partial charge on any atom is -0.379 e. The molecule has 0 rings (SSSR count). The molecule has 92 valence electrons. The Morgan fingerprint density at radius 3 is 1.60 bits per heavy atom.